The second-order valence-electron chi connectivity index (χ2n) is 5.85. The molecule has 0 spiro atoms. The number of halogens is 2. The fourth-order valence-corrected chi connectivity index (χ4v) is 4.72. The van der Waals surface area contributed by atoms with Crippen LogP contribution in [-0.4, -0.2) is 28.8 Å². The summed E-state index contributed by atoms with van der Waals surface area (Å²) in [4.78, 5) is 12.6. The number of rotatable bonds is 3. The molecule has 0 atom stereocenters. The van der Waals surface area contributed by atoms with E-state index in [1.165, 1.54) is 6.07 Å². The summed E-state index contributed by atoms with van der Waals surface area (Å²) in [5, 5.41) is 8.49. The van der Waals surface area contributed by atoms with E-state index in [4.69, 9.17) is 27.6 Å². The maximum absolute atomic E-state index is 12.6. The molecule has 0 bridgehead atoms. The van der Waals surface area contributed by atoms with Gasteiger partial charge in [-0.3, -0.25) is 4.79 Å². The molecule has 0 unspecified atom stereocenters. The van der Waals surface area contributed by atoms with Crippen LogP contribution < -0.4 is 0 Å². The number of hydrogen-bond donors (Lipinski definition) is 0. The SMILES string of the molecule is O=C1c2ccccc2CS(=O)(=O)N1Cc1nnc(-c2ccc(Cl)cc2Cl)o1. The minimum atomic E-state index is -3.84. The molecule has 0 N–H and O–H groups in total. The monoisotopic (exact) mass is 423 g/mol. The first kappa shape index (κ1) is 18.0. The van der Waals surface area contributed by atoms with Crippen molar-refractivity contribution in [2.75, 3.05) is 0 Å². The van der Waals surface area contributed by atoms with Gasteiger partial charge < -0.3 is 4.42 Å². The summed E-state index contributed by atoms with van der Waals surface area (Å²) in [6.45, 7) is -0.353. The van der Waals surface area contributed by atoms with Gasteiger partial charge in [-0.2, -0.15) is 0 Å². The first-order valence-electron chi connectivity index (χ1n) is 7.75. The maximum Gasteiger partial charge on any atom is 0.268 e. The summed E-state index contributed by atoms with van der Waals surface area (Å²) in [7, 11) is -3.84. The first-order chi connectivity index (χ1) is 12.8. The van der Waals surface area contributed by atoms with Gasteiger partial charge in [-0.1, -0.05) is 41.4 Å². The van der Waals surface area contributed by atoms with E-state index < -0.39 is 15.9 Å². The van der Waals surface area contributed by atoms with Gasteiger partial charge in [-0.05, 0) is 29.8 Å². The fraction of sp³-hybridized carbons (Fsp3) is 0.118. The molecule has 0 saturated heterocycles. The summed E-state index contributed by atoms with van der Waals surface area (Å²) in [5.74, 6) is -0.804. The molecule has 3 aromatic rings. The number of fused-ring (bicyclic) bond motifs is 1. The van der Waals surface area contributed by atoms with Crippen molar-refractivity contribution in [2.45, 2.75) is 12.3 Å². The predicted molar refractivity (Wildman–Crippen MR) is 98.7 cm³/mol. The number of carbonyl (C=O) groups excluding carboxylic acids is 1. The summed E-state index contributed by atoms with van der Waals surface area (Å²) in [6, 6.07) is 11.3. The molecule has 0 saturated carbocycles. The lowest BCUT2D eigenvalue weighted by molar-refractivity contribution is 0.0841. The topological polar surface area (TPSA) is 93.4 Å². The van der Waals surface area contributed by atoms with Gasteiger partial charge in [0.25, 0.3) is 5.91 Å². The number of sulfonamides is 1. The number of nitrogens with zero attached hydrogens (tertiary/aromatic N) is 3. The lowest BCUT2D eigenvalue weighted by Gasteiger charge is -2.26. The van der Waals surface area contributed by atoms with E-state index in [1.807, 2.05) is 0 Å². The quantitative estimate of drug-likeness (QED) is 0.639. The molecular weight excluding hydrogens is 413 g/mol. The Morgan fingerprint density at radius 1 is 1.07 bits per heavy atom. The molecule has 1 aliphatic heterocycles. The molecule has 10 heteroatoms. The Morgan fingerprint density at radius 3 is 2.63 bits per heavy atom. The molecule has 1 amide bonds. The summed E-state index contributed by atoms with van der Waals surface area (Å²) in [5.41, 5.74) is 1.27. The molecule has 0 aliphatic carbocycles. The maximum atomic E-state index is 12.6. The van der Waals surface area contributed by atoms with Crippen LogP contribution in [0.25, 0.3) is 11.5 Å². The van der Waals surface area contributed by atoms with Gasteiger partial charge in [-0.15, -0.1) is 10.2 Å². The van der Waals surface area contributed by atoms with E-state index in [-0.39, 0.29) is 24.1 Å². The lowest BCUT2D eigenvalue weighted by atomic mass is 10.1. The molecule has 1 aliphatic rings. The molecule has 2 heterocycles. The van der Waals surface area contributed by atoms with Gasteiger partial charge in [0.1, 0.15) is 6.54 Å². The van der Waals surface area contributed by atoms with E-state index in [0.29, 0.717) is 26.7 Å². The van der Waals surface area contributed by atoms with Crippen molar-refractivity contribution in [1.29, 1.82) is 0 Å². The molecule has 27 heavy (non-hydrogen) atoms. The zero-order valence-electron chi connectivity index (χ0n) is 13.6. The lowest BCUT2D eigenvalue weighted by Crippen LogP contribution is -2.41. The Hall–Kier alpha value is -2.42. The Bertz CT molecular complexity index is 1160. The highest BCUT2D eigenvalue weighted by molar-refractivity contribution is 7.89. The molecule has 7 nitrogen and oxygen atoms in total. The van der Waals surface area contributed by atoms with E-state index in [9.17, 15) is 13.2 Å². The summed E-state index contributed by atoms with van der Waals surface area (Å²) in [6.07, 6.45) is 0. The van der Waals surface area contributed by atoms with E-state index in [1.54, 1.807) is 36.4 Å². The molecule has 0 fully saturated rings. The standard InChI is InChI=1S/C17H11Cl2N3O4S/c18-11-5-6-13(14(19)7-11)16-21-20-15(26-16)8-22-17(23)12-4-2-1-3-10(12)9-27(22,24)25/h1-7H,8-9H2. The van der Waals surface area contributed by atoms with Crippen molar-refractivity contribution in [3.63, 3.8) is 0 Å². The third-order valence-corrected chi connectivity index (χ3v) is 6.25. The Labute approximate surface area is 164 Å². The summed E-state index contributed by atoms with van der Waals surface area (Å²) < 4.78 is 31.3. The zero-order valence-corrected chi connectivity index (χ0v) is 15.9. The number of benzene rings is 2. The molecule has 4 rings (SSSR count). The van der Waals surface area contributed by atoms with Crippen LogP contribution >= 0.6 is 23.2 Å². The van der Waals surface area contributed by atoms with Crippen LogP contribution in [0.3, 0.4) is 0 Å². The Kier molecular flexibility index (Phi) is 4.41. The van der Waals surface area contributed by atoms with Crippen molar-refractivity contribution in [1.82, 2.24) is 14.5 Å². The van der Waals surface area contributed by atoms with Gasteiger partial charge in [0.05, 0.1) is 16.3 Å². The Morgan fingerprint density at radius 2 is 1.85 bits per heavy atom. The number of amides is 1. The molecular formula is C17H11Cl2N3O4S. The van der Waals surface area contributed by atoms with Gasteiger partial charge in [0.15, 0.2) is 0 Å². The second kappa shape index (κ2) is 6.63. The molecule has 1 aromatic heterocycles. The average molecular weight is 424 g/mol. The van der Waals surface area contributed by atoms with Crippen molar-refractivity contribution in [3.05, 3.63) is 69.5 Å². The van der Waals surface area contributed by atoms with Gasteiger partial charge in [0, 0.05) is 10.6 Å². The molecule has 0 radical (unpaired) electrons. The van der Waals surface area contributed by atoms with Gasteiger partial charge >= 0.3 is 0 Å². The fourth-order valence-electron chi connectivity index (χ4n) is 2.77. The number of hydrogen-bond acceptors (Lipinski definition) is 6. The van der Waals surface area contributed by atoms with Crippen molar-refractivity contribution < 1.29 is 17.6 Å². The summed E-state index contributed by atoms with van der Waals surface area (Å²) >= 11 is 12.0. The first-order valence-corrected chi connectivity index (χ1v) is 10.1. The van der Waals surface area contributed by atoms with Crippen LogP contribution in [0.1, 0.15) is 21.8 Å². The largest absolute Gasteiger partial charge is 0.419 e. The smallest absolute Gasteiger partial charge is 0.268 e. The van der Waals surface area contributed by atoms with Crippen molar-refractivity contribution >= 4 is 39.1 Å². The zero-order chi connectivity index (χ0) is 19.2. The van der Waals surface area contributed by atoms with E-state index in [2.05, 4.69) is 10.2 Å². The van der Waals surface area contributed by atoms with Crippen LogP contribution in [0.5, 0.6) is 0 Å². The number of aromatic nitrogens is 2. The predicted octanol–water partition coefficient (Wildman–Crippen LogP) is 3.53. The van der Waals surface area contributed by atoms with Gasteiger partial charge in [-0.25, -0.2) is 12.7 Å². The van der Waals surface area contributed by atoms with E-state index in [0.717, 1.165) is 4.31 Å². The van der Waals surface area contributed by atoms with Crippen LogP contribution in [0.2, 0.25) is 10.0 Å². The minimum absolute atomic E-state index is 0.0210. The van der Waals surface area contributed by atoms with E-state index >= 15 is 0 Å². The van der Waals surface area contributed by atoms with Crippen LogP contribution in [0, 0.1) is 0 Å². The van der Waals surface area contributed by atoms with Crippen molar-refractivity contribution in [3.8, 4) is 11.5 Å². The van der Waals surface area contributed by atoms with Crippen molar-refractivity contribution in [2.24, 2.45) is 0 Å². The highest BCUT2D eigenvalue weighted by atomic mass is 35.5. The average Bonchev–Trinajstić information content (AvgIpc) is 3.06. The second-order valence-corrected chi connectivity index (χ2v) is 8.59. The third kappa shape index (κ3) is 3.31. The van der Waals surface area contributed by atoms with Gasteiger partial charge in [0.2, 0.25) is 21.8 Å². The van der Waals surface area contributed by atoms with Crippen LogP contribution in [-0.2, 0) is 22.3 Å². The van der Waals surface area contributed by atoms with Crippen LogP contribution in [0.4, 0.5) is 0 Å². The third-order valence-electron chi connectivity index (χ3n) is 4.06. The Balaban J connectivity index is 1.65. The normalized spacial score (nSPS) is 15.6. The highest BCUT2D eigenvalue weighted by Crippen LogP contribution is 2.30. The minimum Gasteiger partial charge on any atom is -0.419 e. The molecule has 138 valence electrons. The van der Waals surface area contributed by atoms with Crippen LogP contribution in [0.15, 0.2) is 46.9 Å². The highest BCUT2D eigenvalue weighted by Gasteiger charge is 2.36. The number of carbonyl (C=O) groups is 1. The molecule has 2 aromatic carbocycles.